The van der Waals surface area contributed by atoms with Crippen LogP contribution in [-0.2, 0) is 62.6 Å². The summed E-state index contributed by atoms with van der Waals surface area (Å²) in [5.74, 6) is -157. The SMILES string of the molecule is O=C(O)c1ccc(C(F)(F)C(F)(F)C(F)(F)C(F)(F)C(F)(F)C(F)(F)F)cc1.O=C(O)c1ccc(C(F)(F)C(F)(F)C(F)(F)C(F)(F)C(F)(F)C(F)(F)F)cc1.O=C(O)c1ccc(C(F)(F)C(F)(F)C(F)(F)C(F)(F)C(F)(F)C(F)(F)F)cc1.O=C(O)c1ccc(C(F)(F)C(F)(F)C(F)(F)C(F)(F)C(F)(F)C(F)(F)F)cc1.[Rh].[Rh]. The largest absolute Gasteiger partial charge is 0.478 e. The van der Waals surface area contributed by atoms with Gasteiger partial charge in [0.2, 0.25) is 0 Å². The summed E-state index contributed by atoms with van der Waals surface area (Å²) >= 11 is 0. The van der Waals surface area contributed by atoms with E-state index < -0.39 is 212 Å². The Hall–Kier alpha value is -7.63. The molecule has 0 saturated carbocycles. The molecule has 0 bridgehead atoms. The first-order valence-corrected chi connectivity index (χ1v) is 25.8. The summed E-state index contributed by atoms with van der Waals surface area (Å²) in [7, 11) is 0. The average molecular weight is 1970 g/mol. The number of hydrogen-bond acceptors (Lipinski definition) is 4. The van der Waals surface area contributed by atoms with E-state index >= 15 is 0 Å². The normalized spacial score (nSPS) is 14.6. The van der Waals surface area contributed by atoms with E-state index in [1.165, 1.54) is 0 Å². The van der Waals surface area contributed by atoms with Crippen molar-refractivity contribution >= 4 is 23.9 Å². The number of rotatable bonds is 24. The number of hydrogen-bond donors (Lipinski definition) is 4. The Balaban J connectivity index is 0. The van der Waals surface area contributed by atoms with Gasteiger partial charge < -0.3 is 20.4 Å². The van der Waals surface area contributed by atoms with Gasteiger partial charge in [0.25, 0.3) is 0 Å². The molecule has 0 unspecified atom stereocenters. The fraction of sp³-hybridized carbons (Fsp3) is 0.462. The molecule has 0 aliphatic rings. The third-order valence-electron chi connectivity index (χ3n) is 13.7. The minimum atomic E-state index is -7.98. The summed E-state index contributed by atoms with van der Waals surface area (Å²) in [6.07, 6.45) is -29.9. The molecule has 4 rings (SSSR count). The minimum Gasteiger partial charge on any atom is -0.478 e. The van der Waals surface area contributed by atoms with E-state index in [4.69, 9.17) is 20.4 Å². The van der Waals surface area contributed by atoms with Crippen molar-refractivity contribution in [2.45, 2.75) is 143 Å². The first-order valence-electron chi connectivity index (χ1n) is 25.8. The summed E-state index contributed by atoms with van der Waals surface area (Å²) in [6.45, 7) is 0. The molecule has 4 aromatic rings. The number of benzene rings is 4. The standard InChI is InChI=1S/4C13H5F13O2.2Rh/c4*14-8(15,6-3-1-5(2-4-6)7(27)28)9(16,17)10(18,19)11(20,21)12(22,23)13(24,25)26;;/h4*1-4H,(H,27,28);;. The second-order valence-corrected chi connectivity index (χ2v) is 21.0. The molecule has 0 aromatic heterocycles. The molecule has 0 spiro atoms. The quantitative estimate of drug-likeness (QED) is 0.0400. The summed E-state index contributed by atoms with van der Waals surface area (Å²) in [5.41, 5.74) is -12.3. The van der Waals surface area contributed by atoms with Gasteiger partial charge in [-0.1, -0.05) is 48.5 Å². The van der Waals surface area contributed by atoms with Gasteiger partial charge in [0.1, 0.15) is 0 Å². The van der Waals surface area contributed by atoms with Crippen molar-refractivity contribution in [2.24, 2.45) is 0 Å². The van der Waals surface area contributed by atoms with Crippen LogP contribution in [-0.4, -0.2) is 164 Å². The summed E-state index contributed by atoms with van der Waals surface area (Å²) < 4.78 is 674. The maximum atomic E-state index is 13.7. The van der Waals surface area contributed by atoms with Crippen LogP contribution in [0.5, 0.6) is 0 Å². The molecule has 0 heterocycles. The van der Waals surface area contributed by atoms with Gasteiger partial charge in [-0.15, -0.1) is 0 Å². The van der Waals surface area contributed by atoms with Crippen molar-refractivity contribution in [3.63, 3.8) is 0 Å². The maximum Gasteiger partial charge on any atom is 0.460 e. The number of carboxylic acid groups (broad SMARTS) is 4. The van der Waals surface area contributed by atoms with E-state index in [0.29, 0.717) is 0 Å². The van der Waals surface area contributed by atoms with Crippen LogP contribution in [0, 0.1) is 0 Å². The van der Waals surface area contributed by atoms with Crippen LogP contribution in [0.2, 0.25) is 0 Å². The molecule has 0 fully saturated rings. The van der Waals surface area contributed by atoms with Gasteiger partial charge in [0.15, 0.2) is 0 Å². The van der Waals surface area contributed by atoms with Crippen molar-refractivity contribution in [3.8, 4) is 0 Å². The molecule has 0 saturated heterocycles. The zero-order chi connectivity index (χ0) is 90.2. The van der Waals surface area contributed by atoms with E-state index in [9.17, 15) is 247 Å². The van der Waals surface area contributed by atoms with Gasteiger partial charge >= 0.3 is 167 Å². The van der Waals surface area contributed by atoms with Gasteiger partial charge in [0, 0.05) is 61.2 Å². The zero-order valence-electron chi connectivity index (χ0n) is 51.0. The van der Waals surface area contributed by atoms with Crippen LogP contribution >= 0.6 is 0 Å². The summed E-state index contributed by atoms with van der Waals surface area (Å²) in [6, 6.07) is -0.589. The molecule has 0 atom stereocenters. The maximum absolute atomic E-state index is 13.7. The fourth-order valence-corrected chi connectivity index (χ4v) is 7.09. The van der Waals surface area contributed by atoms with Gasteiger partial charge in [-0.05, 0) is 48.5 Å². The fourth-order valence-electron chi connectivity index (χ4n) is 7.09. The van der Waals surface area contributed by atoms with E-state index in [0.717, 1.165) is 0 Å². The smallest absolute Gasteiger partial charge is 0.460 e. The Labute approximate surface area is 614 Å². The van der Waals surface area contributed by atoms with E-state index in [-0.39, 0.29) is 136 Å². The van der Waals surface area contributed by atoms with Crippen molar-refractivity contribution < 1.29 is 307 Å². The Kier molecular flexibility index (Phi) is 30.8. The van der Waals surface area contributed by atoms with E-state index in [1.807, 2.05) is 0 Å². The number of halogens is 52. The van der Waals surface area contributed by atoms with Crippen LogP contribution in [0.3, 0.4) is 0 Å². The monoisotopic (exact) mass is 1970 g/mol. The van der Waals surface area contributed by atoms with Crippen LogP contribution in [0.15, 0.2) is 97.1 Å². The average Bonchev–Trinajstić information content (AvgIpc) is 0.723. The second-order valence-electron chi connectivity index (χ2n) is 21.0. The Morgan fingerprint density at radius 3 is 0.325 bits per heavy atom. The molecule has 0 aliphatic carbocycles. The molecule has 4 N–H and O–H groups in total. The third kappa shape index (κ3) is 17.5. The molecule has 62 heteroatoms. The molecule has 0 aliphatic heterocycles. The van der Waals surface area contributed by atoms with Gasteiger partial charge in [-0.25, -0.2) is 19.2 Å². The number of alkyl halides is 52. The number of carboxylic acids is 4. The first-order chi connectivity index (χ1) is 48.6. The van der Waals surface area contributed by atoms with E-state index in [1.54, 1.807) is 0 Å². The van der Waals surface area contributed by atoms with Gasteiger partial charge in [-0.3, -0.25) is 0 Å². The zero-order valence-corrected chi connectivity index (χ0v) is 54.3. The Bertz CT molecular complexity index is 3460. The van der Waals surface area contributed by atoms with Gasteiger partial charge in [0.05, 0.1) is 22.3 Å². The van der Waals surface area contributed by atoms with Crippen LogP contribution < -0.4 is 0 Å². The molecule has 2 radical (unpaired) electrons. The molecule has 8 nitrogen and oxygen atoms in total. The van der Waals surface area contributed by atoms with E-state index in [2.05, 4.69) is 0 Å². The summed E-state index contributed by atoms with van der Waals surface area (Å²) in [4.78, 5) is 42.0. The number of carbonyl (C=O) groups is 4. The Morgan fingerprint density at radius 2 is 0.246 bits per heavy atom. The minimum absolute atomic E-state index is 0. The van der Waals surface area contributed by atoms with Crippen molar-refractivity contribution in [2.75, 3.05) is 0 Å². The molecule has 0 amide bonds. The second kappa shape index (κ2) is 32.3. The topological polar surface area (TPSA) is 149 Å². The van der Waals surface area contributed by atoms with Gasteiger partial charge in [-0.2, -0.15) is 228 Å². The molecular weight excluding hydrogens is 1950 g/mol. The molecule has 114 heavy (non-hydrogen) atoms. The van der Waals surface area contributed by atoms with Crippen molar-refractivity contribution in [1.29, 1.82) is 0 Å². The molecular formula is C52H20F52O8Rh2. The number of aromatic carboxylic acids is 4. The predicted molar refractivity (Wildman–Crippen MR) is 253 cm³/mol. The van der Waals surface area contributed by atoms with Crippen LogP contribution in [0.25, 0.3) is 0 Å². The van der Waals surface area contributed by atoms with Crippen molar-refractivity contribution in [3.05, 3.63) is 142 Å². The summed E-state index contributed by atoms with van der Waals surface area (Å²) in [5, 5.41) is 34.0. The molecule has 658 valence electrons. The Morgan fingerprint density at radius 1 is 0.158 bits per heavy atom. The first kappa shape index (κ1) is 108. The van der Waals surface area contributed by atoms with Crippen LogP contribution in [0.1, 0.15) is 63.7 Å². The van der Waals surface area contributed by atoms with Crippen molar-refractivity contribution in [1.82, 2.24) is 0 Å². The third-order valence-corrected chi connectivity index (χ3v) is 13.7. The predicted octanol–water partition coefficient (Wildman–Crippen LogP) is 22.3. The molecule has 4 aromatic carbocycles. The van der Waals surface area contributed by atoms with Crippen LogP contribution in [0.4, 0.5) is 228 Å².